The van der Waals surface area contributed by atoms with E-state index in [4.69, 9.17) is 0 Å². The van der Waals surface area contributed by atoms with Gasteiger partial charge in [0.1, 0.15) is 5.82 Å². The highest BCUT2D eigenvalue weighted by atomic mass is 19.1. The first kappa shape index (κ1) is 11.8. The number of aliphatic hydroxyl groups excluding tert-OH is 1. The maximum absolute atomic E-state index is 12.8. The van der Waals surface area contributed by atoms with Crippen LogP contribution in [0.3, 0.4) is 0 Å². The quantitative estimate of drug-likeness (QED) is 0.856. The van der Waals surface area contributed by atoms with Gasteiger partial charge >= 0.3 is 0 Å². The second-order valence-electron chi connectivity index (χ2n) is 4.20. The normalized spacial score (nSPS) is 12.4. The van der Waals surface area contributed by atoms with Crippen LogP contribution in [-0.4, -0.2) is 5.11 Å². The Morgan fingerprint density at radius 1 is 1.06 bits per heavy atom. The number of hydrogen-bond acceptors (Lipinski definition) is 1. The molecule has 2 rings (SSSR count). The molecule has 0 saturated carbocycles. The van der Waals surface area contributed by atoms with Gasteiger partial charge in [-0.2, -0.15) is 0 Å². The highest BCUT2D eigenvalue weighted by Crippen LogP contribution is 2.20. The minimum atomic E-state index is -0.586. The van der Waals surface area contributed by atoms with Crippen molar-refractivity contribution in [1.82, 2.24) is 0 Å². The van der Waals surface area contributed by atoms with Crippen LogP contribution < -0.4 is 0 Å². The summed E-state index contributed by atoms with van der Waals surface area (Å²) in [6, 6.07) is 13.9. The number of halogens is 1. The van der Waals surface area contributed by atoms with Crippen molar-refractivity contribution in [1.29, 1.82) is 0 Å². The molecule has 17 heavy (non-hydrogen) atoms. The third-order valence-corrected chi connectivity index (χ3v) is 2.93. The van der Waals surface area contributed by atoms with Gasteiger partial charge in [-0.1, -0.05) is 36.4 Å². The molecule has 0 saturated heterocycles. The Morgan fingerprint density at radius 2 is 1.71 bits per heavy atom. The highest BCUT2D eigenvalue weighted by Gasteiger charge is 2.09. The molecule has 0 fully saturated rings. The molecule has 2 aromatic carbocycles. The lowest BCUT2D eigenvalue weighted by atomic mass is 9.98. The summed E-state index contributed by atoms with van der Waals surface area (Å²) >= 11 is 0. The monoisotopic (exact) mass is 230 g/mol. The van der Waals surface area contributed by atoms with Gasteiger partial charge in [0.15, 0.2) is 0 Å². The lowest BCUT2D eigenvalue weighted by Crippen LogP contribution is -2.03. The Balaban J connectivity index is 2.14. The van der Waals surface area contributed by atoms with Crippen molar-refractivity contribution in [3.63, 3.8) is 0 Å². The van der Waals surface area contributed by atoms with E-state index in [1.165, 1.54) is 12.1 Å². The van der Waals surface area contributed by atoms with Gasteiger partial charge in [-0.05, 0) is 35.7 Å². The van der Waals surface area contributed by atoms with E-state index in [-0.39, 0.29) is 5.82 Å². The molecule has 88 valence electrons. The zero-order chi connectivity index (χ0) is 12.3. The first-order chi connectivity index (χ1) is 8.16. The summed E-state index contributed by atoms with van der Waals surface area (Å²) in [5, 5.41) is 10.1. The summed E-state index contributed by atoms with van der Waals surface area (Å²) in [5.74, 6) is -0.281. The molecule has 1 unspecified atom stereocenters. The first-order valence-corrected chi connectivity index (χ1v) is 5.65. The van der Waals surface area contributed by atoms with E-state index >= 15 is 0 Å². The van der Waals surface area contributed by atoms with E-state index in [0.29, 0.717) is 6.42 Å². The lowest BCUT2D eigenvalue weighted by molar-refractivity contribution is 0.178. The maximum atomic E-state index is 12.8. The van der Waals surface area contributed by atoms with Gasteiger partial charge in [-0.25, -0.2) is 4.39 Å². The summed E-state index contributed by atoms with van der Waals surface area (Å²) in [6.07, 6.45) is -0.0325. The molecule has 0 bridgehead atoms. The van der Waals surface area contributed by atoms with Gasteiger partial charge < -0.3 is 5.11 Å². The molecule has 0 spiro atoms. The van der Waals surface area contributed by atoms with Crippen molar-refractivity contribution >= 4 is 0 Å². The van der Waals surface area contributed by atoms with E-state index in [2.05, 4.69) is 0 Å². The summed E-state index contributed by atoms with van der Waals surface area (Å²) in [6.45, 7) is 2.02. The fourth-order valence-electron chi connectivity index (χ4n) is 1.85. The molecule has 0 aromatic heterocycles. The molecule has 0 amide bonds. The van der Waals surface area contributed by atoms with Gasteiger partial charge in [-0.3, -0.25) is 0 Å². The van der Waals surface area contributed by atoms with Crippen molar-refractivity contribution < 1.29 is 9.50 Å². The smallest absolute Gasteiger partial charge is 0.123 e. The standard InChI is InChI=1S/C15H15FO/c1-11-4-2-3-5-13(11)10-15(17)12-6-8-14(16)9-7-12/h2-9,15,17H,10H2,1H3. The van der Waals surface area contributed by atoms with Crippen LogP contribution in [0.1, 0.15) is 22.8 Å². The third-order valence-electron chi connectivity index (χ3n) is 2.93. The molecule has 0 radical (unpaired) electrons. The van der Waals surface area contributed by atoms with Crippen LogP contribution >= 0.6 is 0 Å². The Bertz CT molecular complexity index is 491. The number of aliphatic hydroxyl groups is 1. The molecule has 2 heteroatoms. The minimum Gasteiger partial charge on any atom is -0.388 e. The van der Waals surface area contributed by atoms with Crippen LogP contribution in [0.25, 0.3) is 0 Å². The molecule has 0 aliphatic rings. The molecule has 1 N–H and O–H groups in total. The van der Waals surface area contributed by atoms with Crippen molar-refractivity contribution in [2.45, 2.75) is 19.4 Å². The lowest BCUT2D eigenvalue weighted by Gasteiger charge is -2.12. The fraction of sp³-hybridized carbons (Fsp3) is 0.200. The molecule has 0 aliphatic heterocycles. The van der Waals surface area contributed by atoms with Crippen molar-refractivity contribution in [3.8, 4) is 0 Å². The third kappa shape index (κ3) is 2.92. The predicted octanol–water partition coefficient (Wildman–Crippen LogP) is 3.41. The van der Waals surface area contributed by atoms with E-state index in [0.717, 1.165) is 16.7 Å². The Labute approximate surface area is 101 Å². The Hall–Kier alpha value is -1.67. The van der Waals surface area contributed by atoms with Crippen LogP contribution in [0.2, 0.25) is 0 Å². The van der Waals surface area contributed by atoms with Crippen molar-refractivity contribution in [2.24, 2.45) is 0 Å². The maximum Gasteiger partial charge on any atom is 0.123 e. The van der Waals surface area contributed by atoms with Gasteiger partial charge in [0.2, 0.25) is 0 Å². The average Bonchev–Trinajstić information content (AvgIpc) is 2.33. The van der Waals surface area contributed by atoms with E-state index < -0.39 is 6.10 Å². The van der Waals surface area contributed by atoms with Crippen LogP contribution in [0.4, 0.5) is 4.39 Å². The number of rotatable bonds is 3. The summed E-state index contributed by atoms with van der Waals surface area (Å²) in [4.78, 5) is 0. The minimum absolute atomic E-state index is 0.281. The van der Waals surface area contributed by atoms with E-state index in [1.54, 1.807) is 12.1 Å². The average molecular weight is 230 g/mol. The van der Waals surface area contributed by atoms with Gasteiger partial charge in [-0.15, -0.1) is 0 Å². The number of hydrogen-bond donors (Lipinski definition) is 1. The number of benzene rings is 2. The first-order valence-electron chi connectivity index (χ1n) is 5.65. The molecule has 1 nitrogen and oxygen atoms in total. The Morgan fingerprint density at radius 3 is 2.35 bits per heavy atom. The topological polar surface area (TPSA) is 20.2 Å². The highest BCUT2D eigenvalue weighted by molar-refractivity contribution is 5.28. The zero-order valence-electron chi connectivity index (χ0n) is 9.73. The summed E-state index contributed by atoms with van der Waals surface area (Å²) < 4.78 is 12.8. The fourth-order valence-corrected chi connectivity index (χ4v) is 1.85. The van der Waals surface area contributed by atoms with Crippen LogP contribution in [0, 0.1) is 12.7 Å². The number of aryl methyl sites for hydroxylation is 1. The Kier molecular flexibility index (Phi) is 3.55. The second-order valence-corrected chi connectivity index (χ2v) is 4.20. The zero-order valence-corrected chi connectivity index (χ0v) is 9.73. The van der Waals surface area contributed by atoms with Crippen molar-refractivity contribution in [3.05, 3.63) is 71.0 Å². The van der Waals surface area contributed by atoms with Crippen LogP contribution in [0.15, 0.2) is 48.5 Å². The molecule has 0 heterocycles. The van der Waals surface area contributed by atoms with E-state index in [1.807, 2.05) is 31.2 Å². The SMILES string of the molecule is Cc1ccccc1CC(O)c1ccc(F)cc1. The van der Waals surface area contributed by atoms with Crippen molar-refractivity contribution in [2.75, 3.05) is 0 Å². The second kappa shape index (κ2) is 5.11. The molecule has 0 aliphatic carbocycles. The molecule has 1 atom stereocenters. The summed E-state index contributed by atoms with van der Waals surface area (Å²) in [7, 11) is 0. The van der Waals surface area contributed by atoms with Gasteiger partial charge in [0, 0.05) is 6.42 Å². The van der Waals surface area contributed by atoms with Gasteiger partial charge in [0.25, 0.3) is 0 Å². The van der Waals surface area contributed by atoms with Crippen LogP contribution in [-0.2, 0) is 6.42 Å². The molecular weight excluding hydrogens is 215 g/mol. The molecule has 2 aromatic rings. The molecular formula is C15H15FO. The predicted molar refractivity (Wildman–Crippen MR) is 66.2 cm³/mol. The summed E-state index contributed by atoms with van der Waals surface area (Å²) in [5.41, 5.74) is 3.02. The van der Waals surface area contributed by atoms with E-state index in [9.17, 15) is 9.50 Å². The largest absolute Gasteiger partial charge is 0.388 e. The van der Waals surface area contributed by atoms with Crippen LogP contribution in [0.5, 0.6) is 0 Å². The van der Waals surface area contributed by atoms with Gasteiger partial charge in [0.05, 0.1) is 6.10 Å².